The first-order valence-electron chi connectivity index (χ1n) is 7.19. The minimum absolute atomic E-state index is 0.207. The highest BCUT2D eigenvalue weighted by atomic mass is 19.1. The van der Waals surface area contributed by atoms with Crippen LogP contribution in [0.3, 0.4) is 0 Å². The van der Waals surface area contributed by atoms with Crippen LogP contribution in [0.2, 0.25) is 0 Å². The van der Waals surface area contributed by atoms with Gasteiger partial charge in [0.15, 0.2) is 0 Å². The van der Waals surface area contributed by atoms with Gasteiger partial charge in [-0.3, -0.25) is 0 Å². The molecule has 0 radical (unpaired) electrons. The summed E-state index contributed by atoms with van der Waals surface area (Å²) in [7, 11) is 0. The summed E-state index contributed by atoms with van der Waals surface area (Å²) < 4.78 is 18.6. The molecule has 0 aromatic heterocycles. The van der Waals surface area contributed by atoms with Crippen LogP contribution in [0.5, 0.6) is 5.75 Å². The smallest absolute Gasteiger partial charge is 0.123 e. The Kier molecular flexibility index (Phi) is 7.49. The van der Waals surface area contributed by atoms with Gasteiger partial charge in [-0.25, -0.2) is 4.39 Å². The highest BCUT2D eigenvalue weighted by Crippen LogP contribution is 2.18. The van der Waals surface area contributed by atoms with E-state index in [2.05, 4.69) is 19.2 Å². The number of aryl methyl sites for hydroxylation is 1. The highest BCUT2D eigenvalue weighted by Gasteiger charge is 2.00. The highest BCUT2D eigenvalue weighted by molar-refractivity contribution is 5.32. The number of hydrogen-bond donors (Lipinski definition) is 1. The van der Waals surface area contributed by atoms with Gasteiger partial charge in [-0.05, 0) is 69.0 Å². The van der Waals surface area contributed by atoms with E-state index >= 15 is 0 Å². The molecule has 0 saturated carbocycles. The van der Waals surface area contributed by atoms with E-state index in [1.165, 1.54) is 18.6 Å². The first kappa shape index (κ1) is 16.0. The zero-order valence-corrected chi connectivity index (χ0v) is 12.3. The summed E-state index contributed by atoms with van der Waals surface area (Å²) in [5.41, 5.74) is 0.860. The lowest BCUT2D eigenvalue weighted by atomic mass is 10.2. The molecule has 3 heteroatoms. The molecule has 0 amide bonds. The first-order valence-corrected chi connectivity index (χ1v) is 7.19. The molecule has 1 aromatic rings. The van der Waals surface area contributed by atoms with E-state index in [-0.39, 0.29) is 5.82 Å². The fourth-order valence-corrected chi connectivity index (χ4v) is 1.88. The zero-order valence-electron chi connectivity index (χ0n) is 12.3. The summed E-state index contributed by atoms with van der Waals surface area (Å²) in [5.74, 6) is 1.30. The lowest BCUT2D eigenvalue weighted by Gasteiger charge is -2.09. The van der Waals surface area contributed by atoms with Crippen LogP contribution in [0, 0.1) is 18.7 Å². The summed E-state index contributed by atoms with van der Waals surface area (Å²) in [6.45, 7) is 9.17. The van der Waals surface area contributed by atoms with Crippen molar-refractivity contribution in [2.45, 2.75) is 40.0 Å². The summed E-state index contributed by atoms with van der Waals surface area (Å²) in [6.07, 6.45) is 3.38. The number of unbranched alkanes of at least 4 members (excludes halogenated alkanes) is 2. The van der Waals surface area contributed by atoms with E-state index in [0.29, 0.717) is 12.5 Å². The van der Waals surface area contributed by atoms with E-state index in [1.807, 2.05) is 6.92 Å². The summed E-state index contributed by atoms with van der Waals surface area (Å²) in [6, 6.07) is 4.65. The Labute approximate surface area is 116 Å². The molecule has 0 heterocycles. The number of rotatable bonds is 9. The predicted molar refractivity (Wildman–Crippen MR) is 78.2 cm³/mol. The van der Waals surface area contributed by atoms with Crippen LogP contribution in [0.25, 0.3) is 0 Å². The Morgan fingerprint density at radius 2 is 2.00 bits per heavy atom. The minimum Gasteiger partial charge on any atom is -0.493 e. The van der Waals surface area contributed by atoms with Crippen LogP contribution in [0.15, 0.2) is 18.2 Å². The van der Waals surface area contributed by atoms with Gasteiger partial charge < -0.3 is 10.1 Å². The van der Waals surface area contributed by atoms with E-state index in [9.17, 15) is 4.39 Å². The molecule has 19 heavy (non-hydrogen) atoms. The van der Waals surface area contributed by atoms with Crippen molar-refractivity contribution in [1.82, 2.24) is 5.32 Å². The molecule has 0 bridgehead atoms. The Balaban J connectivity index is 2.04. The molecule has 0 fully saturated rings. The second-order valence-electron chi connectivity index (χ2n) is 5.42. The van der Waals surface area contributed by atoms with E-state index in [0.717, 1.165) is 37.2 Å². The van der Waals surface area contributed by atoms with Crippen molar-refractivity contribution in [3.8, 4) is 5.75 Å². The Hall–Kier alpha value is -1.09. The van der Waals surface area contributed by atoms with E-state index < -0.39 is 0 Å². The van der Waals surface area contributed by atoms with Crippen LogP contribution >= 0.6 is 0 Å². The fourth-order valence-electron chi connectivity index (χ4n) is 1.88. The number of halogens is 1. The van der Waals surface area contributed by atoms with Crippen LogP contribution in [-0.2, 0) is 0 Å². The monoisotopic (exact) mass is 267 g/mol. The lowest BCUT2D eigenvalue weighted by molar-refractivity contribution is 0.302. The normalized spacial score (nSPS) is 11.0. The predicted octanol–water partition coefficient (Wildman–Crippen LogP) is 3.93. The molecular weight excluding hydrogens is 241 g/mol. The molecule has 0 saturated heterocycles. The largest absolute Gasteiger partial charge is 0.493 e. The molecular formula is C16H26FNO. The Morgan fingerprint density at radius 1 is 1.21 bits per heavy atom. The van der Waals surface area contributed by atoms with Gasteiger partial charge in [0.05, 0.1) is 6.61 Å². The summed E-state index contributed by atoms with van der Waals surface area (Å²) in [4.78, 5) is 0. The summed E-state index contributed by atoms with van der Waals surface area (Å²) >= 11 is 0. The van der Waals surface area contributed by atoms with Crippen LogP contribution in [-0.4, -0.2) is 19.7 Å². The number of nitrogens with one attached hydrogen (secondary N) is 1. The summed E-state index contributed by atoms with van der Waals surface area (Å²) in [5, 5.41) is 3.43. The topological polar surface area (TPSA) is 21.3 Å². The Morgan fingerprint density at radius 3 is 2.68 bits per heavy atom. The quantitative estimate of drug-likeness (QED) is 0.684. The van der Waals surface area contributed by atoms with Gasteiger partial charge in [-0.2, -0.15) is 0 Å². The Bertz CT molecular complexity index is 366. The first-order chi connectivity index (χ1) is 9.09. The van der Waals surface area contributed by atoms with Gasteiger partial charge in [0.1, 0.15) is 11.6 Å². The zero-order chi connectivity index (χ0) is 14.1. The van der Waals surface area contributed by atoms with Crippen LogP contribution in [0.1, 0.15) is 38.7 Å². The van der Waals surface area contributed by atoms with Gasteiger partial charge in [0, 0.05) is 0 Å². The molecule has 0 atom stereocenters. The molecule has 0 spiro atoms. The molecule has 1 N–H and O–H groups in total. The molecule has 0 unspecified atom stereocenters. The van der Waals surface area contributed by atoms with Crippen molar-refractivity contribution in [2.75, 3.05) is 19.7 Å². The average molecular weight is 267 g/mol. The molecule has 0 aliphatic rings. The van der Waals surface area contributed by atoms with Crippen molar-refractivity contribution in [3.63, 3.8) is 0 Å². The fraction of sp³-hybridized carbons (Fsp3) is 0.625. The number of ether oxygens (including phenoxy) is 1. The SMILES string of the molecule is Cc1cc(F)ccc1OCCCCCNCC(C)C. The van der Waals surface area contributed by atoms with Crippen molar-refractivity contribution in [3.05, 3.63) is 29.6 Å². The van der Waals surface area contributed by atoms with Gasteiger partial charge in [-0.1, -0.05) is 13.8 Å². The lowest BCUT2D eigenvalue weighted by Crippen LogP contribution is -2.20. The third-order valence-corrected chi connectivity index (χ3v) is 2.95. The maximum absolute atomic E-state index is 12.9. The number of benzene rings is 1. The molecule has 108 valence electrons. The maximum Gasteiger partial charge on any atom is 0.123 e. The van der Waals surface area contributed by atoms with Crippen molar-refractivity contribution >= 4 is 0 Å². The average Bonchev–Trinajstić information content (AvgIpc) is 2.34. The molecule has 0 aliphatic heterocycles. The van der Waals surface area contributed by atoms with Gasteiger partial charge >= 0.3 is 0 Å². The van der Waals surface area contributed by atoms with Gasteiger partial charge in [0.2, 0.25) is 0 Å². The van der Waals surface area contributed by atoms with Crippen molar-refractivity contribution in [2.24, 2.45) is 5.92 Å². The minimum atomic E-state index is -0.207. The van der Waals surface area contributed by atoms with E-state index in [1.54, 1.807) is 6.07 Å². The molecule has 1 aromatic carbocycles. The maximum atomic E-state index is 12.9. The standard InChI is InChI=1S/C16H26FNO/c1-13(2)12-18-9-5-4-6-10-19-16-8-7-15(17)11-14(16)3/h7-8,11,13,18H,4-6,9-10,12H2,1-3H3. The second kappa shape index (κ2) is 8.92. The van der Waals surface area contributed by atoms with Crippen molar-refractivity contribution in [1.29, 1.82) is 0 Å². The number of hydrogen-bond acceptors (Lipinski definition) is 2. The van der Waals surface area contributed by atoms with Crippen LogP contribution < -0.4 is 10.1 Å². The second-order valence-corrected chi connectivity index (χ2v) is 5.42. The van der Waals surface area contributed by atoms with Gasteiger partial charge in [-0.15, -0.1) is 0 Å². The third-order valence-electron chi connectivity index (χ3n) is 2.95. The molecule has 1 rings (SSSR count). The van der Waals surface area contributed by atoms with E-state index in [4.69, 9.17) is 4.74 Å². The van der Waals surface area contributed by atoms with Crippen molar-refractivity contribution < 1.29 is 9.13 Å². The molecule has 0 aliphatic carbocycles. The molecule has 2 nitrogen and oxygen atoms in total. The third kappa shape index (κ3) is 7.16. The van der Waals surface area contributed by atoms with Gasteiger partial charge in [0.25, 0.3) is 0 Å². The van der Waals surface area contributed by atoms with Crippen LogP contribution in [0.4, 0.5) is 4.39 Å².